The molecule has 0 saturated heterocycles. The zero-order valence-corrected chi connectivity index (χ0v) is 9.09. The van der Waals surface area contributed by atoms with Crippen molar-refractivity contribution in [2.75, 3.05) is 0 Å². The maximum absolute atomic E-state index is 11.3. The van der Waals surface area contributed by atoms with Gasteiger partial charge < -0.3 is 5.73 Å². The smallest absolute Gasteiger partial charge is 0.227 e. The van der Waals surface area contributed by atoms with Crippen LogP contribution < -0.4 is 5.73 Å². The number of hydrogen-bond donors (Lipinski definition) is 1. The molecule has 0 fully saturated rings. The SMILES string of the molecule is Cc1cc(C)c(C(C)(C)C(N)=O)cn1. The van der Waals surface area contributed by atoms with Crippen LogP contribution in [0.25, 0.3) is 0 Å². The number of nitrogens with zero attached hydrogens (tertiary/aromatic N) is 1. The zero-order chi connectivity index (χ0) is 10.9. The Hall–Kier alpha value is -1.38. The third-order valence-electron chi connectivity index (χ3n) is 2.54. The molecule has 0 aliphatic carbocycles. The fourth-order valence-corrected chi connectivity index (χ4v) is 1.48. The summed E-state index contributed by atoms with van der Waals surface area (Å²) >= 11 is 0. The van der Waals surface area contributed by atoms with Crippen LogP contribution in [0.2, 0.25) is 0 Å². The second-order valence-corrected chi connectivity index (χ2v) is 4.13. The number of aromatic nitrogens is 1. The summed E-state index contributed by atoms with van der Waals surface area (Å²) in [6.45, 7) is 7.52. The largest absolute Gasteiger partial charge is 0.369 e. The topological polar surface area (TPSA) is 56.0 Å². The van der Waals surface area contributed by atoms with Crippen LogP contribution in [0.3, 0.4) is 0 Å². The van der Waals surface area contributed by atoms with Gasteiger partial charge in [-0.15, -0.1) is 0 Å². The van der Waals surface area contributed by atoms with E-state index < -0.39 is 5.41 Å². The molecule has 0 saturated carbocycles. The van der Waals surface area contributed by atoms with Crippen molar-refractivity contribution in [3.05, 3.63) is 29.1 Å². The predicted molar refractivity (Wildman–Crippen MR) is 55.9 cm³/mol. The van der Waals surface area contributed by atoms with E-state index >= 15 is 0 Å². The van der Waals surface area contributed by atoms with E-state index in [-0.39, 0.29) is 5.91 Å². The first-order valence-corrected chi connectivity index (χ1v) is 4.59. The predicted octanol–water partition coefficient (Wildman–Crippen LogP) is 1.46. The molecule has 1 aromatic heterocycles. The van der Waals surface area contributed by atoms with Crippen molar-refractivity contribution in [2.45, 2.75) is 33.1 Å². The standard InChI is InChI=1S/C11H16N2O/c1-7-5-8(2)13-6-9(7)11(3,4)10(12)14/h5-6H,1-4H3,(H2,12,14). The van der Waals surface area contributed by atoms with Crippen LogP contribution in [-0.2, 0) is 10.2 Å². The molecule has 0 bridgehead atoms. The summed E-state index contributed by atoms with van der Waals surface area (Å²) in [6.07, 6.45) is 1.73. The number of rotatable bonds is 2. The molecule has 76 valence electrons. The minimum Gasteiger partial charge on any atom is -0.369 e. The first-order valence-electron chi connectivity index (χ1n) is 4.59. The van der Waals surface area contributed by atoms with Crippen molar-refractivity contribution < 1.29 is 4.79 Å². The fourth-order valence-electron chi connectivity index (χ4n) is 1.48. The molecule has 0 atom stereocenters. The molecular formula is C11H16N2O. The van der Waals surface area contributed by atoms with Crippen molar-refractivity contribution in [1.29, 1.82) is 0 Å². The van der Waals surface area contributed by atoms with Crippen LogP contribution in [0.15, 0.2) is 12.3 Å². The first-order chi connectivity index (χ1) is 6.35. The summed E-state index contributed by atoms with van der Waals surface area (Å²) < 4.78 is 0. The van der Waals surface area contributed by atoms with Crippen molar-refractivity contribution in [3.8, 4) is 0 Å². The lowest BCUT2D eigenvalue weighted by Gasteiger charge is -2.22. The molecular weight excluding hydrogens is 176 g/mol. The van der Waals surface area contributed by atoms with Gasteiger partial charge in [0.15, 0.2) is 0 Å². The highest BCUT2D eigenvalue weighted by atomic mass is 16.1. The van der Waals surface area contributed by atoms with Gasteiger partial charge in [0.05, 0.1) is 5.41 Å². The van der Waals surface area contributed by atoms with Crippen LogP contribution in [0, 0.1) is 13.8 Å². The van der Waals surface area contributed by atoms with Crippen LogP contribution in [0.5, 0.6) is 0 Å². The van der Waals surface area contributed by atoms with Gasteiger partial charge in [-0.2, -0.15) is 0 Å². The third kappa shape index (κ3) is 1.76. The summed E-state index contributed by atoms with van der Waals surface area (Å²) in [5.41, 5.74) is 7.60. The Morgan fingerprint density at radius 1 is 1.43 bits per heavy atom. The van der Waals surface area contributed by atoms with E-state index in [0.717, 1.165) is 16.8 Å². The second-order valence-electron chi connectivity index (χ2n) is 4.13. The summed E-state index contributed by atoms with van der Waals surface area (Å²) in [5.74, 6) is -0.328. The van der Waals surface area contributed by atoms with E-state index in [4.69, 9.17) is 5.73 Å². The van der Waals surface area contributed by atoms with Crippen molar-refractivity contribution in [3.63, 3.8) is 0 Å². The van der Waals surface area contributed by atoms with Crippen LogP contribution in [0.4, 0.5) is 0 Å². The van der Waals surface area contributed by atoms with Gasteiger partial charge in [0.25, 0.3) is 0 Å². The summed E-state index contributed by atoms with van der Waals surface area (Å²) in [7, 11) is 0. The number of carbonyl (C=O) groups is 1. The monoisotopic (exact) mass is 192 g/mol. The Bertz CT molecular complexity index is 370. The van der Waals surface area contributed by atoms with Gasteiger partial charge in [-0.05, 0) is 44.9 Å². The van der Waals surface area contributed by atoms with E-state index in [1.54, 1.807) is 6.20 Å². The molecule has 3 heteroatoms. The maximum Gasteiger partial charge on any atom is 0.227 e. The van der Waals surface area contributed by atoms with Crippen LogP contribution in [-0.4, -0.2) is 10.9 Å². The van der Waals surface area contributed by atoms with Gasteiger partial charge in [0, 0.05) is 11.9 Å². The van der Waals surface area contributed by atoms with Gasteiger partial charge in [0.2, 0.25) is 5.91 Å². The molecule has 1 amide bonds. The number of hydrogen-bond acceptors (Lipinski definition) is 2. The Labute approximate surface area is 84.3 Å². The molecule has 0 aliphatic heterocycles. The highest BCUT2D eigenvalue weighted by Crippen LogP contribution is 2.25. The average molecular weight is 192 g/mol. The normalized spacial score (nSPS) is 11.4. The van der Waals surface area contributed by atoms with Gasteiger partial charge in [-0.1, -0.05) is 0 Å². The summed E-state index contributed by atoms with van der Waals surface area (Å²) in [5, 5.41) is 0. The number of primary amides is 1. The summed E-state index contributed by atoms with van der Waals surface area (Å²) in [6, 6.07) is 1.96. The van der Waals surface area contributed by atoms with Gasteiger partial charge in [-0.3, -0.25) is 9.78 Å². The van der Waals surface area contributed by atoms with Gasteiger partial charge in [0.1, 0.15) is 0 Å². The number of pyridine rings is 1. The molecule has 0 spiro atoms. The molecule has 3 nitrogen and oxygen atoms in total. The van der Waals surface area contributed by atoms with Gasteiger partial charge in [-0.25, -0.2) is 0 Å². The minimum atomic E-state index is -0.648. The lowest BCUT2D eigenvalue weighted by molar-refractivity contribution is -0.122. The molecule has 0 aliphatic rings. The minimum absolute atomic E-state index is 0.328. The number of aryl methyl sites for hydroxylation is 2. The Balaban J connectivity index is 3.26. The van der Waals surface area contributed by atoms with Crippen molar-refractivity contribution in [2.24, 2.45) is 5.73 Å². The molecule has 0 aromatic carbocycles. The number of amides is 1. The number of nitrogens with two attached hydrogens (primary N) is 1. The zero-order valence-electron chi connectivity index (χ0n) is 9.09. The average Bonchev–Trinajstić information content (AvgIpc) is 2.02. The molecule has 0 unspecified atom stereocenters. The number of carbonyl (C=O) groups excluding carboxylic acids is 1. The highest BCUT2D eigenvalue weighted by Gasteiger charge is 2.29. The van der Waals surface area contributed by atoms with Crippen molar-refractivity contribution >= 4 is 5.91 Å². The Morgan fingerprint density at radius 2 is 2.00 bits per heavy atom. The quantitative estimate of drug-likeness (QED) is 0.771. The molecule has 14 heavy (non-hydrogen) atoms. The molecule has 1 heterocycles. The third-order valence-corrected chi connectivity index (χ3v) is 2.54. The van der Waals surface area contributed by atoms with E-state index in [0.29, 0.717) is 0 Å². The van der Waals surface area contributed by atoms with Crippen molar-refractivity contribution in [1.82, 2.24) is 4.98 Å². The Kier molecular flexibility index (Phi) is 2.60. The molecule has 1 rings (SSSR count). The second kappa shape index (κ2) is 3.40. The maximum atomic E-state index is 11.3. The van der Waals surface area contributed by atoms with E-state index in [9.17, 15) is 4.79 Å². The molecule has 1 aromatic rings. The molecule has 0 radical (unpaired) electrons. The van der Waals surface area contributed by atoms with E-state index in [1.807, 2.05) is 33.8 Å². The fraction of sp³-hybridized carbons (Fsp3) is 0.455. The van der Waals surface area contributed by atoms with E-state index in [1.165, 1.54) is 0 Å². The summed E-state index contributed by atoms with van der Waals surface area (Å²) in [4.78, 5) is 15.4. The molecule has 2 N–H and O–H groups in total. The lowest BCUT2D eigenvalue weighted by atomic mass is 9.82. The van der Waals surface area contributed by atoms with Gasteiger partial charge >= 0.3 is 0 Å². The van der Waals surface area contributed by atoms with E-state index in [2.05, 4.69) is 4.98 Å². The Morgan fingerprint density at radius 3 is 2.43 bits per heavy atom. The van der Waals surface area contributed by atoms with Crippen LogP contribution >= 0.6 is 0 Å². The first kappa shape index (κ1) is 10.7. The lowest BCUT2D eigenvalue weighted by Crippen LogP contribution is -2.36. The highest BCUT2D eigenvalue weighted by molar-refractivity contribution is 5.86. The van der Waals surface area contributed by atoms with Crippen LogP contribution in [0.1, 0.15) is 30.7 Å².